The van der Waals surface area contributed by atoms with Crippen LogP contribution in [0.25, 0.3) is 5.69 Å². The maximum absolute atomic E-state index is 6.36. The van der Waals surface area contributed by atoms with Crippen molar-refractivity contribution in [1.82, 2.24) is 14.9 Å². The average molecular weight is 581 g/mol. The van der Waals surface area contributed by atoms with E-state index in [0.717, 1.165) is 51.3 Å². The van der Waals surface area contributed by atoms with Crippen LogP contribution in [0.15, 0.2) is 103 Å². The number of rotatable bonds is 7. The van der Waals surface area contributed by atoms with E-state index in [-0.39, 0.29) is 12.1 Å². The number of nitrogens with zero attached hydrogens (tertiary/aromatic N) is 3. The molecule has 3 aromatic carbocycles. The van der Waals surface area contributed by atoms with Crippen molar-refractivity contribution >= 4 is 34.6 Å². The summed E-state index contributed by atoms with van der Waals surface area (Å²) < 4.78 is 13.6. The molecular weight excluding hydrogens is 552 g/mol. The first-order valence-corrected chi connectivity index (χ1v) is 14.1. The molecule has 2 unspecified atom stereocenters. The van der Waals surface area contributed by atoms with Crippen LogP contribution in [0.2, 0.25) is 5.02 Å². The molecule has 0 aliphatic carbocycles. The summed E-state index contributed by atoms with van der Waals surface area (Å²) in [6, 6.07) is 31.4. The van der Waals surface area contributed by atoms with Gasteiger partial charge in [-0.05, 0) is 117 Å². The Balaban J connectivity index is 1.39. The van der Waals surface area contributed by atoms with Crippen LogP contribution in [0.3, 0.4) is 0 Å². The van der Waals surface area contributed by atoms with Gasteiger partial charge in [0.25, 0.3) is 0 Å². The molecule has 0 bridgehead atoms. The van der Waals surface area contributed by atoms with Crippen molar-refractivity contribution in [1.29, 1.82) is 0 Å². The molecule has 2 aromatic heterocycles. The highest BCUT2D eigenvalue weighted by atomic mass is 35.5. The minimum atomic E-state index is -0.146. The second kappa shape index (κ2) is 11.3. The van der Waals surface area contributed by atoms with Gasteiger partial charge < -0.3 is 24.3 Å². The number of ether oxygens (including phenoxy) is 2. The van der Waals surface area contributed by atoms with Gasteiger partial charge in [-0.3, -0.25) is 4.98 Å². The topological polar surface area (TPSA) is 51.6 Å². The summed E-state index contributed by atoms with van der Waals surface area (Å²) >= 11 is 12.3. The predicted molar refractivity (Wildman–Crippen MR) is 168 cm³/mol. The second-order valence-corrected chi connectivity index (χ2v) is 10.7. The number of aromatic nitrogens is 2. The predicted octanol–water partition coefficient (Wildman–Crippen LogP) is 8.12. The molecule has 6 rings (SSSR count). The summed E-state index contributed by atoms with van der Waals surface area (Å²) in [5.74, 6) is 2.25. The highest BCUT2D eigenvalue weighted by molar-refractivity contribution is 7.80. The third-order valence-corrected chi connectivity index (χ3v) is 7.91. The largest absolute Gasteiger partial charge is 0.497 e. The number of nitrogens with one attached hydrogen (secondary N) is 1. The van der Waals surface area contributed by atoms with Crippen LogP contribution in [0, 0.1) is 13.8 Å². The van der Waals surface area contributed by atoms with E-state index in [4.69, 9.17) is 38.3 Å². The SMILES string of the molecule is COc1ccc(Oc2ccc(N3C(=S)NC(c4ccccn4)C3c3cc(C)n(-c4cccc(Cl)c4)c3C)cc2)cc1. The summed E-state index contributed by atoms with van der Waals surface area (Å²) in [6.07, 6.45) is 1.82. The fraction of sp³-hybridized carbons (Fsp3) is 0.152. The molecule has 0 radical (unpaired) electrons. The molecule has 5 aromatic rings. The van der Waals surface area contributed by atoms with Crippen molar-refractivity contribution in [2.24, 2.45) is 0 Å². The molecule has 3 heterocycles. The van der Waals surface area contributed by atoms with Crippen LogP contribution < -0.4 is 19.7 Å². The maximum atomic E-state index is 6.36. The Morgan fingerprint density at radius 2 is 1.54 bits per heavy atom. The first kappa shape index (κ1) is 26.9. The molecule has 1 saturated heterocycles. The van der Waals surface area contributed by atoms with Gasteiger partial charge in [0.15, 0.2) is 5.11 Å². The lowest BCUT2D eigenvalue weighted by Crippen LogP contribution is -2.29. The number of halogens is 1. The van der Waals surface area contributed by atoms with Gasteiger partial charge in [-0.25, -0.2) is 0 Å². The molecule has 8 heteroatoms. The lowest BCUT2D eigenvalue weighted by atomic mass is 9.96. The molecule has 41 heavy (non-hydrogen) atoms. The van der Waals surface area contributed by atoms with E-state index in [0.29, 0.717) is 10.1 Å². The zero-order valence-electron chi connectivity index (χ0n) is 22.9. The van der Waals surface area contributed by atoms with Crippen molar-refractivity contribution in [3.05, 3.63) is 131 Å². The van der Waals surface area contributed by atoms with Crippen LogP contribution in [0.4, 0.5) is 5.69 Å². The summed E-state index contributed by atoms with van der Waals surface area (Å²) in [4.78, 5) is 6.88. The van der Waals surface area contributed by atoms with Crippen LogP contribution >= 0.6 is 23.8 Å². The minimum Gasteiger partial charge on any atom is -0.497 e. The summed E-state index contributed by atoms with van der Waals surface area (Å²) in [5.41, 5.74) is 6.29. The van der Waals surface area contributed by atoms with Crippen LogP contribution in [0.1, 0.15) is 34.7 Å². The van der Waals surface area contributed by atoms with Gasteiger partial charge in [-0.15, -0.1) is 0 Å². The smallest absolute Gasteiger partial charge is 0.174 e. The fourth-order valence-electron chi connectivity index (χ4n) is 5.50. The van der Waals surface area contributed by atoms with Crippen molar-refractivity contribution in [2.75, 3.05) is 12.0 Å². The van der Waals surface area contributed by atoms with E-state index >= 15 is 0 Å². The van der Waals surface area contributed by atoms with Crippen LogP contribution in [0.5, 0.6) is 17.2 Å². The number of aryl methyl sites for hydroxylation is 1. The number of methoxy groups -OCH3 is 1. The normalized spacial score (nSPS) is 16.5. The number of pyridine rings is 1. The molecular formula is C33H29ClN4O2S. The van der Waals surface area contributed by atoms with Crippen LogP contribution in [-0.4, -0.2) is 21.8 Å². The van der Waals surface area contributed by atoms with Gasteiger partial charge in [0.05, 0.1) is 24.9 Å². The third-order valence-electron chi connectivity index (χ3n) is 7.36. The average Bonchev–Trinajstić information content (AvgIpc) is 3.49. The zero-order valence-corrected chi connectivity index (χ0v) is 24.5. The first-order chi connectivity index (χ1) is 19.9. The molecule has 2 atom stereocenters. The molecule has 0 amide bonds. The number of anilines is 1. The monoisotopic (exact) mass is 580 g/mol. The van der Waals surface area contributed by atoms with Crippen molar-refractivity contribution in [2.45, 2.75) is 25.9 Å². The molecule has 1 aliphatic rings. The van der Waals surface area contributed by atoms with E-state index in [2.05, 4.69) is 40.8 Å². The molecule has 1 aliphatic heterocycles. The van der Waals surface area contributed by atoms with Gasteiger partial charge in [0.2, 0.25) is 0 Å². The molecule has 1 fully saturated rings. The number of thiocarbonyl (C=S) groups is 1. The van der Waals surface area contributed by atoms with E-state index in [1.54, 1.807) is 7.11 Å². The van der Waals surface area contributed by atoms with E-state index < -0.39 is 0 Å². The summed E-state index contributed by atoms with van der Waals surface area (Å²) in [7, 11) is 1.65. The van der Waals surface area contributed by atoms with Crippen molar-refractivity contribution < 1.29 is 9.47 Å². The minimum absolute atomic E-state index is 0.134. The summed E-state index contributed by atoms with van der Waals surface area (Å²) in [6.45, 7) is 4.26. The number of hydrogen-bond acceptors (Lipinski definition) is 4. The second-order valence-electron chi connectivity index (χ2n) is 9.91. The molecule has 206 valence electrons. The van der Waals surface area contributed by atoms with Gasteiger partial charge in [-0.1, -0.05) is 23.7 Å². The van der Waals surface area contributed by atoms with Crippen LogP contribution in [-0.2, 0) is 0 Å². The summed E-state index contributed by atoms with van der Waals surface area (Å²) in [5, 5.41) is 4.90. The van der Waals surface area contributed by atoms with Crippen molar-refractivity contribution in [3.63, 3.8) is 0 Å². The number of benzene rings is 3. The Bertz CT molecular complexity index is 1690. The fourth-order valence-corrected chi connectivity index (χ4v) is 6.03. The van der Waals surface area contributed by atoms with E-state index in [9.17, 15) is 0 Å². The lowest BCUT2D eigenvalue weighted by Gasteiger charge is -2.28. The highest BCUT2D eigenvalue weighted by Crippen LogP contribution is 2.44. The molecule has 1 N–H and O–H groups in total. The Labute approximate surface area is 250 Å². The molecule has 6 nitrogen and oxygen atoms in total. The van der Waals surface area contributed by atoms with Gasteiger partial charge in [0, 0.05) is 34.0 Å². The zero-order chi connectivity index (χ0) is 28.5. The third kappa shape index (κ3) is 5.26. The molecule has 0 spiro atoms. The first-order valence-electron chi connectivity index (χ1n) is 13.3. The molecule has 0 saturated carbocycles. The Kier molecular flexibility index (Phi) is 7.39. The van der Waals surface area contributed by atoms with Gasteiger partial charge in [-0.2, -0.15) is 0 Å². The Hall–Kier alpha value is -4.33. The highest BCUT2D eigenvalue weighted by Gasteiger charge is 2.42. The standard InChI is InChI=1S/C33H29ClN4O2S/c1-21-19-29(22(2)37(21)25-8-6-7-23(34)20-25)32-31(30-9-4-5-18-35-30)36-33(41)38(32)24-10-12-27(13-11-24)40-28-16-14-26(39-3)15-17-28/h4-20,31-32H,1-3H3,(H,36,41). The van der Waals surface area contributed by atoms with Gasteiger partial charge >= 0.3 is 0 Å². The lowest BCUT2D eigenvalue weighted by molar-refractivity contribution is 0.413. The quantitative estimate of drug-likeness (QED) is 0.196. The maximum Gasteiger partial charge on any atom is 0.174 e. The Morgan fingerprint density at radius 1 is 0.829 bits per heavy atom. The Morgan fingerprint density at radius 3 is 2.20 bits per heavy atom. The van der Waals surface area contributed by atoms with Gasteiger partial charge in [0.1, 0.15) is 17.2 Å². The van der Waals surface area contributed by atoms with E-state index in [1.165, 1.54) is 0 Å². The number of hydrogen-bond donors (Lipinski definition) is 1. The van der Waals surface area contributed by atoms with Crippen molar-refractivity contribution in [3.8, 4) is 22.9 Å². The van der Waals surface area contributed by atoms with E-state index in [1.807, 2.05) is 91.1 Å².